The van der Waals surface area contributed by atoms with Crippen LogP contribution in [-0.2, 0) is 9.84 Å². The van der Waals surface area contributed by atoms with Crippen LogP contribution < -0.4 is 5.32 Å². The zero-order valence-corrected chi connectivity index (χ0v) is 11.9. The molecule has 2 unspecified atom stereocenters. The fraction of sp³-hybridized carbons (Fsp3) is 0.538. The van der Waals surface area contributed by atoms with E-state index >= 15 is 0 Å². The Morgan fingerprint density at radius 2 is 1.78 bits per heavy atom. The van der Waals surface area contributed by atoms with E-state index in [1.165, 1.54) is 6.26 Å². The highest BCUT2D eigenvalue weighted by Crippen LogP contribution is 2.17. The maximum Gasteiger partial charge on any atom is 0.175 e. The normalized spacial score (nSPS) is 15.3. The molecule has 18 heavy (non-hydrogen) atoms. The van der Waals surface area contributed by atoms with Crippen molar-refractivity contribution in [2.24, 2.45) is 0 Å². The number of sulfone groups is 1. The molecule has 102 valence electrons. The predicted molar refractivity (Wildman–Crippen MR) is 72.3 cm³/mol. The van der Waals surface area contributed by atoms with Crippen molar-refractivity contribution in [3.63, 3.8) is 0 Å². The molecule has 0 aliphatic heterocycles. The van der Waals surface area contributed by atoms with Crippen molar-refractivity contribution in [1.29, 1.82) is 0 Å². The largest absolute Gasteiger partial charge is 0.396 e. The molecule has 2 atom stereocenters. The van der Waals surface area contributed by atoms with Gasteiger partial charge in [0.1, 0.15) is 0 Å². The molecule has 1 rings (SSSR count). The quantitative estimate of drug-likeness (QED) is 0.823. The smallest absolute Gasteiger partial charge is 0.175 e. The van der Waals surface area contributed by atoms with Crippen LogP contribution >= 0.6 is 0 Å². The SMILES string of the molecule is CC(CCO)NC(C)c1ccc(S(C)(=O)=O)cc1. The van der Waals surface area contributed by atoms with Gasteiger partial charge in [-0.15, -0.1) is 0 Å². The van der Waals surface area contributed by atoms with Crippen molar-refractivity contribution in [1.82, 2.24) is 5.32 Å². The Morgan fingerprint density at radius 1 is 1.22 bits per heavy atom. The van der Waals surface area contributed by atoms with E-state index in [1.54, 1.807) is 12.1 Å². The van der Waals surface area contributed by atoms with E-state index in [1.807, 2.05) is 26.0 Å². The van der Waals surface area contributed by atoms with Crippen LogP contribution in [0.1, 0.15) is 31.9 Å². The van der Waals surface area contributed by atoms with Gasteiger partial charge in [-0.1, -0.05) is 12.1 Å². The minimum absolute atomic E-state index is 0.125. The average molecular weight is 271 g/mol. The van der Waals surface area contributed by atoms with E-state index < -0.39 is 9.84 Å². The molecule has 5 heteroatoms. The summed E-state index contributed by atoms with van der Waals surface area (Å²) in [7, 11) is -3.13. The van der Waals surface area contributed by atoms with E-state index in [-0.39, 0.29) is 18.7 Å². The average Bonchev–Trinajstić information content (AvgIpc) is 2.28. The molecule has 0 aliphatic rings. The first-order chi connectivity index (χ1) is 8.34. The van der Waals surface area contributed by atoms with Gasteiger partial charge < -0.3 is 10.4 Å². The highest BCUT2D eigenvalue weighted by Gasteiger charge is 2.11. The van der Waals surface area contributed by atoms with Gasteiger partial charge in [-0.25, -0.2) is 8.42 Å². The van der Waals surface area contributed by atoms with Gasteiger partial charge in [-0.05, 0) is 38.0 Å². The molecule has 0 aromatic heterocycles. The minimum Gasteiger partial charge on any atom is -0.396 e. The summed E-state index contributed by atoms with van der Waals surface area (Å²) < 4.78 is 22.7. The van der Waals surface area contributed by atoms with Crippen molar-refractivity contribution in [3.05, 3.63) is 29.8 Å². The summed E-state index contributed by atoms with van der Waals surface area (Å²) in [6.45, 7) is 4.19. The van der Waals surface area contributed by atoms with Crippen LogP contribution in [0.25, 0.3) is 0 Å². The van der Waals surface area contributed by atoms with Crippen LogP contribution in [0.5, 0.6) is 0 Å². The molecule has 1 aromatic carbocycles. The number of aliphatic hydroxyl groups is 1. The molecule has 0 bridgehead atoms. The van der Waals surface area contributed by atoms with Gasteiger partial charge in [0, 0.05) is 24.9 Å². The third kappa shape index (κ3) is 4.40. The van der Waals surface area contributed by atoms with Crippen molar-refractivity contribution < 1.29 is 13.5 Å². The summed E-state index contributed by atoms with van der Waals surface area (Å²) in [5.41, 5.74) is 1.03. The molecule has 4 nitrogen and oxygen atoms in total. The topological polar surface area (TPSA) is 66.4 Å². The summed E-state index contributed by atoms with van der Waals surface area (Å²) in [5, 5.41) is 12.2. The van der Waals surface area contributed by atoms with Crippen LogP contribution in [0.4, 0.5) is 0 Å². The number of rotatable bonds is 6. The predicted octanol–water partition coefficient (Wildman–Crippen LogP) is 1.51. The van der Waals surface area contributed by atoms with Gasteiger partial charge >= 0.3 is 0 Å². The Bertz CT molecular complexity index is 468. The van der Waals surface area contributed by atoms with Crippen LogP contribution in [0.3, 0.4) is 0 Å². The van der Waals surface area contributed by atoms with Crippen molar-refractivity contribution >= 4 is 9.84 Å². The Labute approximate surface area is 109 Å². The fourth-order valence-electron chi connectivity index (χ4n) is 1.80. The highest BCUT2D eigenvalue weighted by molar-refractivity contribution is 7.90. The molecule has 0 heterocycles. The number of hydrogen-bond donors (Lipinski definition) is 2. The third-order valence-electron chi connectivity index (χ3n) is 2.90. The zero-order valence-electron chi connectivity index (χ0n) is 11.1. The Hall–Kier alpha value is -0.910. The molecular weight excluding hydrogens is 250 g/mol. The van der Waals surface area contributed by atoms with Gasteiger partial charge in [0.2, 0.25) is 0 Å². The maximum absolute atomic E-state index is 11.3. The summed E-state index contributed by atoms with van der Waals surface area (Å²) in [5.74, 6) is 0. The Kier molecular flexibility index (Phi) is 5.31. The lowest BCUT2D eigenvalue weighted by molar-refractivity contribution is 0.264. The lowest BCUT2D eigenvalue weighted by Crippen LogP contribution is -2.29. The second kappa shape index (κ2) is 6.31. The van der Waals surface area contributed by atoms with Gasteiger partial charge in [0.15, 0.2) is 9.84 Å². The van der Waals surface area contributed by atoms with Crippen molar-refractivity contribution in [2.45, 2.75) is 37.2 Å². The second-order valence-electron chi connectivity index (χ2n) is 4.64. The molecule has 0 fully saturated rings. The van der Waals surface area contributed by atoms with Gasteiger partial charge in [-0.3, -0.25) is 0 Å². The van der Waals surface area contributed by atoms with Crippen molar-refractivity contribution in [2.75, 3.05) is 12.9 Å². The molecule has 2 N–H and O–H groups in total. The molecule has 0 spiro atoms. The third-order valence-corrected chi connectivity index (χ3v) is 4.03. The number of hydrogen-bond acceptors (Lipinski definition) is 4. The second-order valence-corrected chi connectivity index (χ2v) is 6.66. The van der Waals surface area contributed by atoms with Gasteiger partial charge in [0.25, 0.3) is 0 Å². The summed E-state index contributed by atoms with van der Waals surface area (Å²) in [6, 6.07) is 7.23. The number of aliphatic hydroxyl groups excluding tert-OH is 1. The first kappa shape index (κ1) is 15.1. The molecule has 0 radical (unpaired) electrons. The number of nitrogens with one attached hydrogen (secondary N) is 1. The summed E-state index contributed by atoms with van der Waals surface area (Å²) in [4.78, 5) is 0.335. The van der Waals surface area contributed by atoms with E-state index in [0.29, 0.717) is 11.3 Å². The van der Waals surface area contributed by atoms with Crippen LogP contribution in [-0.4, -0.2) is 32.4 Å². The summed E-state index contributed by atoms with van der Waals surface area (Å²) in [6.07, 6.45) is 1.90. The fourth-order valence-corrected chi connectivity index (χ4v) is 2.43. The minimum atomic E-state index is -3.13. The molecule has 0 saturated heterocycles. The van der Waals surface area contributed by atoms with Gasteiger partial charge in [0.05, 0.1) is 4.90 Å². The standard InChI is InChI=1S/C13H21NO3S/c1-10(8-9-15)14-11(2)12-4-6-13(7-5-12)18(3,16)17/h4-7,10-11,14-15H,8-9H2,1-3H3. The molecule has 0 saturated carbocycles. The first-order valence-electron chi connectivity index (χ1n) is 6.01. The summed E-state index contributed by atoms with van der Waals surface area (Å²) >= 11 is 0. The zero-order chi connectivity index (χ0) is 13.8. The monoisotopic (exact) mass is 271 g/mol. The maximum atomic E-state index is 11.3. The Balaban J connectivity index is 2.73. The van der Waals surface area contributed by atoms with Crippen LogP contribution in [0.2, 0.25) is 0 Å². The molecular formula is C13H21NO3S. The lowest BCUT2D eigenvalue weighted by Gasteiger charge is -2.19. The van der Waals surface area contributed by atoms with Crippen LogP contribution in [0.15, 0.2) is 29.2 Å². The highest BCUT2D eigenvalue weighted by atomic mass is 32.2. The van der Waals surface area contributed by atoms with E-state index in [2.05, 4.69) is 5.32 Å². The number of benzene rings is 1. The van der Waals surface area contributed by atoms with E-state index in [0.717, 1.165) is 5.56 Å². The van der Waals surface area contributed by atoms with E-state index in [4.69, 9.17) is 5.11 Å². The Morgan fingerprint density at radius 3 is 2.22 bits per heavy atom. The lowest BCUT2D eigenvalue weighted by atomic mass is 10.1. The molecule has 1 aromatic rings. The van der Waals surface area contributed by atoms with Gasteiger partial charge in [-0.2, -0.15) is 0 Å². The molecule has 0 amide bonds. The van der Waals surface area contributed by atoms with Crippen LogP contribution in [0, 0.1) is 0 Å². The van der Waals surface area contributed by atoms with E-state index in [9.17, 15) is 8.42 Å². The first-order valence-corrected chi connectivity index (χ1v) is 7.90. The van der Waals surface area contributed by atoms with Crippen molar-refractivity contribution in [3.8, 4) is 0 Å². The molecule has 0 aliphatic carbocycles.